The highest BCUT2D eigenvalue weighted by Gasteiger charge is 2.12. The van der Waals surface area contributed by atoms with Crippen LogP contribution in [-0.2, 0) is 0 Å². The van der Waals surface area contributed by atoms with E-state index >= 15 is 0 Å². The number of methoxy groups -OCH3 is 2. The Kier molecular flexibility index (Phi) is 3.44. The Labute approximate surface area is 123 Å². The molecule has 4 nitrogen and oxygen atoms in total. The van der Waals surface area contributed by atoms with Crippen LogP contribution in [0.5, 0.6) is 11.5 Å². The first-order chi connectivity index (χ1) is 10.2. The third-order valence-corrected chi connectivity index (χ3v) is 3.52. The summed E-state index contributed by atoms with van der Waals surface area (Å²) in [6, 6.07) is 7.85. The molecule has 21 heavy (non-hydrogen) atoms. The number of aromatic nitrogens is 2. The molecule has 106 valence electrons. The van der Waals surface area contributed by atoms with Crippen LogP contribution >= 0.6 is 0 Å². The molecule has 2 aromatic heterocycles. The second kappa shape index (κ2) is 5.40. The van der Waals surface area contributed by atoms with Gasteiger partial charge in [0.2, 0.25) is 0 Å². The van der Waals surface area contributed by atoms with E-state index in [0.29, 0.717) is 0 Å². The number of hydrogen-bond acceptors (Lipinski definition) is 4. The van der Waals surface area contributed by atoms with Crippen molar-refractivity contribution in [1.82, 2.24) is 9.97 Å². The van der Waals surface area contributed by atoms with Gasteiger partial charge in [-0.25, -0.2) is 0 Å². The van der Waals surface area contributed by atoms with Crippen molar-refractivity contribution < 1.29 is 9.47 Å². The molecule has 0 aliphatic heterocycles. The number of fused-ring (bicyclic) bond motifs is 1. The maximum Gasteiger partial charge on any atom is 0.132 e. The van der Waals surface area contributed by atoms with Gasteiger partial charge in [0.25, 0.3) is 0 Å². The molecule has 0 saturated carbocycles. The Balaban J connectivity index is 2.28. The minimum absolute atomic E-state index is 0.793. The van der Waals surface area contributed by atoms with Crippen molar-refractivity contribution in [2.75, 3.05) is 14.2 Å². The Morgan fingerprint density at radius 2 is 1.81 bits per heavy atom. The highest BCUT2D eigenvalue weighted by molar-refractivity contribution is 5.96. The summed E-state index contributed by atoms with van der Waals surface area (Å²) in [4.78, 5) is 8.70. The van der Waals surface area contributed by atoms with Crippen LogP contribution in [0.4, 0.5) is 0 Å². The van der Waals surface area contributed by atoms with Crippen molar-refractivity contribution in [3.8, 4) is 22.6 Å². The zero-order valence-electron chi connectivity index (χ0n) is 12.3. The number of hydrogen-bond donors (Lipinski definition) is 0. The molecule has 0 radical (unpaired) electrons. The first-order valence-electron chi connectivity index (χ1n) is 6.66. The fraction of sp³-hybridized carbons (Fsp3) is 0.176. The maximum absolute atomic E-state index is 5.54. The molecule has 0 N–H and O–H groups in total. The number of rotatable bonds is 3. The summed E-state index contributed by atoms with van der Waals surface area (Å²) in [5, 5.41) is 1.05. The summed E-state index contributed by atoms with van der Waals surface area (Å²) in [5.74, 6) is 1.63. The lowest BCUT2D eigenvalue weighted by molar-refractivity contribution is 0.413. The summed E-state index contributed by atoms with van der Waals surface area (Å²) in [7, 11) is 3.33. The maximum atomic E-state index is 5.54. The Morgan fingerprint density at radius 1 is 0.952 bits per heavy atom. The van der Waals surface area contributed by atoms with Crippen LogP contribution < -0.4 is 9.47 Å². The quantitative estimate of drug-likeness (QED) is 0.735. The van der Waals surface area contributed by atoms with Crippen molar-refractivity contribution in [1.29, 1.82) is 0 Å². The molecule has 0 bridgehead atoms. The van der Waals surface area contributed by atoms with Crippen LogP contribution in [0.2, 0.25) is 0 Å². The number of nitrogens with zero attached hydrogens (tertiary/aromatic N) is 2. The first-order valence-corrected chi connectivity index (χ1v) is 6.66. The number of ether oxygens (including phenoxy) is 2. The van der Waals surface area contributed by atoms with E-state index in [9.17, 15) is 0 Å². The lowest BCUT2D eigenvalue weighted by Gasteiger charge is -2.13. The summed E-state index contributed by atoms with van der Waals surface area (Å²) >= 11 is 0. The molecular formula is C17H16N2O2. The number of aryl methyl sites for hydroxylation is 1. The van der Waals surface area contributed by atoms with E-state index < -0.39 is 0 Å². The predicted octanol–water partition coefficient (Wildman–Crippen LogP) is 3.62. The van der Waals surface area contributed by atoms with Crippen LogP contribution in [0.3, 0.4) is 0 Å². The first kappa shape index (κ1) is 13.4. The van der Waals surface area contributed by atoms with Crippen molar-refractivity contribution in [3.05, 3.63) is 48.4 Å². The van der Waals surface area contributed by atoms with Crippen LogP contribution in [0.15, 0.2) is 42.9 Å². The average molecular weight is 280 g/mol. The van der Waals surface area contributed by atoms with Crippen LogP contribution in [-0.4, -0.2) is 24.2 Å². The third-order valence-electron chi connectivity index (χ3n) is 3.52. The fourth-order valence-electron chi connectivity index (χ4n) is 2.51. The number of pyridine rings is 2. The monoisotopic (exact) mass is 280 g/mol. The lowest BCUT2D eigenvalue weighted by atomic mass is 10.0. The molecule has 0 spiro atoms. The standard InChI is InChI=1S/C17H16N2O2/c1-11-9-18-10-15(17(11)21-3)13-6-7-19-16-8-12(20-2)4-5-14(13)16/h4-10H,1-3H3. The van der Waals surface area contributed by atoms with Crippen molar-refractivity contribution in [2.45, 2.75) is 6.92 Å². The third kappa shape index (κ3) is 2.29. The Morgan fingerprint density at radius 3 is 2.57 bits per heavy atom. The van der Waals surface area contributed by atoms with Crippen molar-refractivity contribution in [3.63, 3.8) is 0 Å². The molecule has 0 aliphatic carbocycles. The molecule has 3 aromatic rings. The topological polar surface area (TPSA) is 44.2 Å². The summed E-state index contributed by atoms with van der Waals surface area (Å²) < 4.78 is 10.8. The van der Waals surface area contributed by atoms with Gasteiger partial charge < -0.3 is 9.47 Å². The molecule has 1 aromatic carbocycles. The second-order valence-electron chi connectivity index (χ2n) is 4.78. The lowest BCUT2D eigenvalue weighted by Crippen LogP contribution is -1.94. The van der Waals surface area contributed by atoms with Gasteiger partial charge in [0.15, 0.2) is 0 Å². The van der Waals surface area contributed by atoms with Crippen molar-refractivity contribution in [2.24, 2.45) is 0 Å². The molecule has 0 saturated heterocycles. The summed E-state index contributed by atoms with van der Waals surface area (Å²) in [6.07, 6.45) is 5.42. The highest BCUT2D eigenvalue weighted by atomic mass is 16.5. The summed E-state index contributed by atoms with van der Waals surface area (Å²) in [6.45, 7) is 1.99. The van der Waals surface area contributed by atoms with E-state index in [1.54, 1.807) is 26.6 Å². The zero-order chi connectivity index (χ0) is 14.8. The average Bonchev–Trinajstić information content (AvgIpc) is 2.53. The highest BCUT2D eigenvalue weighted by Crippen LogP contribution is 2.36. The molecule has 3 rings (SSSR count). The van der Waals surface area contributed by atoms with Gasteiger partial charge in [-0.3, -0.25) is 9.97 Å². The predicted molar refractivity (Wildman–Crippen MR) is 82.8 cm³/mol. The van der Waals surface area contributed by atoms with Gasteiger partial charge in [0, 0.05) is 41.2 Å². The Bertz CT molecular complexity index is 800. The molecule has 0 aliphatic rings. The number of benzene rings is 1. The van der Waals surface area contributed by atoms with E-state index in [1.807, 2.05) is 37.4 Å². The van der Waals surface area contributed by atoms with Gasteiger partial charge in [-0.2, -0.15) is 0 Å². The van der Waals surface area contributed by atoms with Crippen LogP contribution in [0.1, 0.15) is 5.56 Å². The van der Waals surface area contributed by atoms with Crippen LogP contribution in [0, 0.1) is 6.92 Å². The minimum Gasteiger partial charge on any atom is -0.497 e. The SMILES string of the molecule is COc1ccc2c(-c3cncc(C)c3OC)ccnc2c1. The zero-order valence-corrected chi connectivity index (χ0v) is 12.3. The second-order valence-corrected chi connectivity index (χ2v) is 4.78. The van der Waals surface area contributed by atoms with E-state index in [2.05, 4.69) is 9.97 Å². The Hall–Kier alpha value is -2.62. The van der Waals surface area contributed by atoms with Crippen molar-refractivity contribution >= 4 is 10.9 Å². The smallest absolute Gasteiger partial charge is 0.132 e. The molecule has 2 heterocycles. The van der Waals surface area contributed by atoms with E-state index in [4.69, 9.17) is 9.47 Å². The molecule has 0 atom stereocenters. The van der Waals surface area contributed by atoms with Crippen LogP contribution in [0.25, 0.3) is 22.0 Å². The van der Waals surface area contributed by atoms with Gasteiger partial charge in [0.05, 0.1) is 19.7 Å². The minimum atomic E-state index is 0.793. The molecule has 0 amide bonds. The fourth-order valence-corrected chi connectivity index (χ4v) is 2.51. The van der Waals surface area contributed by atoms with Gasteiger partial charge in [-0.15, -0.1) is 0 Å². The van der Waals surface area contributed by atoms with E-state index in [1.165, 1.54) is 0 Å². The normalized spacial score (nSPS) is 10.6. The molecule has 0 fully saturated rings. The van der Waals surface area contributed by atoms with Gasteiger partial charge >= 0.3 is 0 Å². The molecule has 0 unspecified atom stereocenters. The largest absolute Gasteiger partial charge is 0.497 e. The van der Waals surface area contributed by atoms with Gasteiger partial charge in [-0.1, -0.05) is 0 Å². The van der Waals surface area contributed by atoms with E-state index in [0.717, 1.165) is 39.1 Å². The molecular weight excluding hydrogens is 264 g/mol. The van der Waals surface area contributed by atoms with Gasteiger partial charge in [-0.05, 0) is 30.7 Å². The van der Waals surface area contributed by atoms with Gasteiger partial charge in [0.1, 0.15) is 11.5 Å². The summed E-state index contributed by atoms with van der Waals surface area (Å²) in [5.41, 5.74) is 3.91. The molecule has 4 heteroatoms. The van der Waals surface area contributed by atoms with E-state index in [-0.39, 0.29) is 0 Å².